The average molecular weight is 542 g/mol. The smallest absolute Gasteiger partial charge is 0.290 e. The number of aryl methyl sites for hydroxylation is 2. The molecule has 0 fully saturated rings. The summed E-state index contributed by atoms with van der Waals surface area (Å²) in [4.78, 5) is 29.5. The van der Waals surface area contributed by atoms with Crippen LogP contribution < -0.4 is 19.6 Å². The number of methoxy groups -OCH3 is 2. The highest BCUT2D eigenvalue weighted by Gasteiger charge is 2.42. The van der Waals surface area contributed by atoms with Gasteiger partial charge in [0.15, 0.2) is 16.9 Å². The molecular weight excluding hydrogens is 506 g/mol. The number of fused-ring (bicyclic) bond motifs is 2. The molecule has 0 radical (unpaired) electrons. The predicted molar refractivity (Wildman–Crippen MR) is 155 cm³/mol. The molecule has 0 bridgehead atoms. The Labute approximate surface area is 234 Å². The average Bonchev–Trinajstić information content (AvgIpc) is 3.24. The first-order valence-electron chi connectivity index (χ1n) is 13.7. The van der Waals surface area contributed by atoms with Crippen LogP contribution in [0.25, 0.3) is 11.0 Å². The Bertz CT molecular complexity index is 1600. The summed E-state index contributed by atoms with van der Waals surface area (Å²) in [6.07, 6.45) is 2.58. The molecule has 7 nitrogen and oxygen atoms in total. The molecule has 0 N–H and O–H groups in total. The van der Waals surface area contributed by atoms with Gasteiger partial charge >= 0.3 is 0 Å². The van der Waals surface area contributed by atoms with Gasteiger partial charge in [-0.3, -0.25) is 9.59 Å². The van der Waals surface area contributed by atoms with Gasteiger partial charge < -0.3 is 23.5 Å². The van der Waals surface area contributed by atoms with Crippen LogP contribution in [-0.2, 0) is 6.42 Å². The van der Waals surface area contributed by atoms with Gasteiger partial charge in [0, 0.05) is 6.54 Å². The van der Waals surface area contributed by atoms with Gasteiger partial charge in [0.1, 0.15) is 11.3 Å². The van der Waals surface area contributed by atoms with Crippen LogP contribution in [0.1, 0.15) is 64.2 Å². The summed E-state index contributed by atoms with van der Waals surface area (Å²) in [6.45, 7) is 7.08. The number of amides is 1. The van der Waals surface area contributed by atoms with Crippen molar-refractivity contribution in [1.29, 1.82) is 0 Å². The maximum absolute atomic E-state index is 13.9. The van der Waals surface area contributed by atoms with E-state index in [-0.39, 0.29) is 17.1 Å². The minimum atomic E-state index is -0.574. The van der Waals surface area contributed by atoms with E-state index in [0.29, 0.717) is 47.6 Å². The minimum absolute atomic E-state index is 0.112. The van der Waals surface area contributed by atoms with Crippen molar-refractivity contribution in [3.05, 3.63) is 98.4 Å². The quantitative estimate of drug-likeness (QED) is 0.216. The topological polar surface area (TPSA) is 78.2 Å². The summed E-state index contributed by atoms with van der Waals surface area (Å²) in [7, 11) is 3.19. The lowest BCUT2D eigenvalue weighted by molar-refractivity contribution is 0.0730. The predicted octanol–water partition coefficient (Wildman–Crippen LogP) is 6.39. The summed E-state index contributed by atoms with van der Waals surface area (Å²) in [5, 5.41) is 0.487. The first-order chi connectivity index (χ1) is 19.4. The van der Waals surface area contributed by atoms with E-state index in [1.165, 1.54) is 0 Å². The molecule has 4 aromatic rings. The zero-order valence-electron chi connectivity index (χ0n) is 23.7. The molecule has 3 aromatic carbocycles. The van der Waals surface area contributed by atoms with Gasteiger partial charge in [0.25, 0.3) is 5.91 Å². The lowest BCUT2D eigenvalue weighted by atomic mass is 9.97. The Kier molecular flexibility index (Phi) is 7.83. The van der Waals surface area contributed by atoms with Gasteiger partial charge in [-0.2, -0.15) is 0 Å². The number of ether oxygens (including phenoxy) is 3. The SMILES string of the molecule is CCCCOc1ccc(C2c3c(oc4cc(C)c(C)cc4c3=O)C(=O)N2CCc2ccc(OC)c(OC)c2)cc1. The minimum Gasteiger partial charge on any atom is -0.494 e. The van der Waals surface area contributed by atoms with Gasteiger partial charge in [-0.1, -0.05) is 31.5 Å². The van der Waals surface area contributed by atoms with E-state index in [9.17, 15) is 9.59 Å². The van der Waals surface area contributed by atoms with Gasteiger partial charge in [-0.25, -0.2) is 0 Å². The van der Waals surface area contributed by atoms with Gasteiger partial charge in [0.05, 0.1) is 37.8 Å². The van der Waals surface area contributed by atoms with E-state index in [4.69, 9.17) is 18.6 Å². The summed E-state index contributed by atoms with van der Waals surface area (Å²) in [5.74, 6) is 1.85. The van der Waals surface area contributed by atoms with Crippen molar-refractivity contribution in [2.24, 2.45) is 0 Å². The zero-order valence-corrected chi connectivity index (χ0v) is 23.7. The number of benzene rings is 3. The normalized spacial score (nSPS) is 14.5. The highest BCUT2D eigenvalue weighted by molar-refractivity contribution is 5.99. The molecule has 2 heterocycles. The second-order valence-corrected chi connectivity index (χ2v) is 10.2. The largest absolute Gasteiger partial charge is 0.494 e. The van der Waals surface area contributed by atoms with Crippen LogP contribution in [0.2, 0.25) is 0 Å². The summed E-state index contributed by atoms with van der Waals surface area (Å²) < 4.78 is 22.8. The molecule has 40 heavy (non-hydrogen) atoms. The molecular formula is C33H35NO6. The number of hydrogen-bond donors (Lipinski definition) is 0. The van der Waals surface area contributed by atoms with Gasteiger partial charge in [0.2, 0.25) is 5.76 Å². The van der Waals surface area contributed by atoms with Crippen LogP contribution in [-0.4, -0.2) is 38.2 Å². The Balaban J connectivity index is 1.55. The van der Waals surface area contributed by atoms with Crippen molar-refractivity contribution < 1.29 is 23.4 Å². The van der Waals surface area contributed by atoms with Crippen LogP contribution in [0, 0.1) is 13.8 Å². The monoisotopic (exact) mass is 541 g/mol. The highest BCUT2D eigenvalue weighted by Crippen LogP contribution is 2.39. The molecule has 5 rings (SSSR count). The van der Waals surface area contributed by atoms with Crippen molar-refractivity contribution in [2.75, 3.05) is 27.4 Å². The third kappa shape index (κ3) is 5.04. The van der Waals surface area contributed by atoms with E-state index in [0.717, 1.165) is 40.8 Å². The number of carbonyl (C=O) groups is 1. The van der Waals surface area contributed by atoms with E-state index in [1.807, 2.05) is 68.4 Å². The van der Waals surface area contributed by atoms with E-state index in [2.05, 4.69) is 6.92 Å². The van der Waals surface area contributed by atoms with Crippen molar-refractivity contribution in [2.45, 2.75) is 46.1 Å². The summed E-state index contributed by atoms with van der Waals surface area (Å²) in [5.41, 5.74) is 4.46. The second kappa shape index (κ2) is 11.5. The summed E-state index contributed by atoms with van der Waals surface area (Å²) in [6, 6.07) is 16.5. The standard InChI is InChI=1S/C33H35NO6/c1-6-7-16-39-24-11-9-23(10-12-24)30-29-31(35)25-17-20(2)21(3)18-27(25)40-32(29)33(36)34(30)15-14-22-8-13-26(37-4)28(19-22)38-5/h8-13,17-19,30H,6-7,14-16H2,1-5H3. The van der Waals surface area contributed by atoms with Crippen molar-refractivity contribution in [3.8, 4) is 17.2 Å². The fourth-order valence-electron chi connectivity index (χ4n) is 5.22. The Morgan fingerprint density at radius 1 is 0.900 bits per heavy atom. The first kappa shape index (κ1) is 27.3. The van der Waals surface area contributed by atoms with Crippen molar-refractivity contribution >= 4 is 16.9 Å². The Morgan fingerprint density at radius 3 is 2.33 bits per heavy atom. The molecule has 208 valence electrons. The number of hydrogen-bond acceptors (Lipinski definition) is 6. The van der Waals surface area contributed by atoms with Crippen LogP contribution in [0.3, 0.4) is 0 Å². The van der Waals surface area contributed by atoms with Gasteiger partial charge in [-0.15, -0.1) is 0 Å². The van der Waals surface area contributed by atoms with Crippen LogP contribution in [0.4, 0.5) is 0 Å². The van der Waals surface area contributed by atoms with Crippen molar-refractivity contribution in [3.63, 3.8) is 0 Å². The molecule has 1 aliphatic heterocycles. The third-order valence-electron chi connectivity index (χ3n) is 7.63. The Morgan fingerprint density at radius 2 is 1.62 bits per heavy atom. The lowest BCUT2D eigenvalue weighted by Crippen LogP contribution is -2.31. The molecule has 0 aliphatic carbocycles. The second-order valence-electron chi connectivity index (χ2n) is 10.2. The fraction of sp³-hybridized carbons (Fsp3) is 0.333. The van der Waals surface area contributed by atoms with Gasteiger partial charge in [-0.05, 0) is 85.3 Å². The maximum Gasteiger partial charge on any atom is 0.290 e. The number of unbranched alkanes of at least 4 members (excludes halogenated alkanes) is 1. The molecule has 1 aromatic heterocycles. The molecule has 1 unspecified atom stereocenters. The fourth-order valence-corrected chi connectivity index (χ4v) is 5.22. The van der Waals surface area contributed by atoms with Crippen LogP contribution in [0.15, 0.2) is 63.8 Å². The molecule has 1 aliphatic rings. The zero-order chi connectivity index (χ0) is 28.4. The summed E-state index contributed by atoms with van der Waals surface area (Å²) >= 11 is 0. The molecule has 1 atom stereocenters. The molecule has 0 saturated carbocycles. The van der Waals surface area contributed by atoms with Crippen molar-refractivity contribution in [1.82, 2.24) is 4.90 Å². The van der Waals surface area contributed by atoms with E-state index >= 15 is 0 Å². The first-order valence-corrected chi connectivity index (χ1v) is 13.7. The Hall–Kier alpha value is -4.26. The van der Waals surface area contributed by atoms with E-state index < -0.39 is 6.04 Å². The number of rotatable bonds is 10. The van der Waals surface area contributed by atoms with Crippen LogP contribution >= 0.6 is 0 Å². The third-order valence-corrected chi connectivity index (χ3v) is 7.63. The maximum atomic E-state index is 13.9. The highest BCUT2D eigenvalue weighted by atomic mass is 16.5. The molecule has 0 spiro atoms. The lowest BCUT2D eigenvalue weighted by Gasteiger charge is -2.25. The van der Waals surface area contributed by atoms with E-state index in [1.54, 1.807) is 19.1 Å². The molecule has 1 amide bonds. The molecule has 7 heteroatoms. The number of carbonyl (C=O) groups excluding carboxylic acids is 1. The number of nitrogens with zero attached hydrogens (tertiary/aromatic N) is 1. The van der Waals surface area contributed by atoms with Crippen LogP contribution in [0.5, 0.6) is 17.2 Å². The molecule has 0 saturated heterocycles.